The smallest absolute Gasteiger partial charge is 0.372 e. The molecule has 1 aromatic rings. The summed E-state index contributed by atoms with van der Waals surface area (Å²) in [4.78, 5) is 29.8. The van der Waals surface area contributed by atoms with E-state index < -0.39 is 11.7 Å². The van der Waals surface area contributed by atoms with Crippen LogP contribution < -0.4 is 4.90 Å². The molecule has 3 rings (SSSR count). The minimum Gasteiger partial charge on any atom is -0.372 e. The van der Waals surface area contributed by atoms with Crippen LogP contribution in [0, 0.1) is 29.1 Å². The first kappa shape index (κ1) is 22.9. The fraction of sp³-hybridized carbons (Fsp3) is 0.591. The largest absolute Gasteiger partial charge is 0.417 e. The van der Waals surface area contributed by atoms with Gasteiger partial charge in [0.1, 0.15) is 0 Å². The molecule has 0 bridgehead atoms. The first-order valence-corrected chi connectivity index (χ1v) is 10.4. The Morgan fingerprint density at radius 2 is 1.81 bits per heavy atom. The molecule has 0 aliphatic carbocycles. The van der Waals surface area contributed by atoms with E-state index in [1.54, 1.807) is 36.0 Å². The van der Waals surface area contributed by atoms with E-state index in [2.05, 4.69) is 0 Å². The molecule has 0 spiro atoms. The molecule has 31 heavy (non-hydrogen) atoms. The molecule has 2 saturated heterocycles. The van der Waals surface area contributed by atoms with E-state index in [4.69, 9.17) is 5.26 Å². The average Bonchev–Trinajstić information content (AvgIpc) is 3.18. The van der Waals surface area contributed by atoms with Gasteiger partial charge < -0.3 is 14.7 Å². The number of amides is 2. The maximum atomic E-state index is 13.3. The normalized spacial score (nSPS) is 22.4. The van der Waals surface area contributed by atoms with Crippen molar-refractivity contribution in [2.45, 2.75) is 25.9 Å². The van der Waals surface area contributed by atoms with Gasteiger partial charge in [0.2, 0.25) is 11.8 Å². The second-order valence-corrected chi connectivity index (χ2v) is 8.59. The molecule has 0 aromatic heterocycles. The topological polar surface area (TPSA) is 67.7 Å². The van der Waals surface area contributed by atoms with Gasteiger partial charge in [-0.2, -0.15) is 18.4 Å². The fourth-order valence-electron chi connectivity index (χ4n) is 4.80. The molecule has 2 aliphatic heterocycles. The standard InChI is InChI=1S/C22H27F3N4O2/c1-14(30)29-12-18(19(13-29)21(31)27(2)3)15-6-8-28(9-7-15)17-5-4-16(11-26)20(10-17)22(23,24)25/h4-5,10,15,18-19H,6-9,12-13H2,1-3H3/t18-,19+/m0/s1. The van der Waals surface area contributed by atoms with Gasteiger partial charge in [-0.25, -0.2) is 0 Å². The predicted octanol–water partition coefficient (Wildman–Crippen LogP) is 2.98. The van der Waals surface area contributed by atoms with Gasteiger partial charge in [-0.1, -0.05) is 0 Å². The van der Waals surface area contributed by atoms with Crippen LogP contribution in [0.3, 0.4) is 0 Å². The lowest BCUT2D eigenvalue weighted by Gasteiger charge is -2.38. The molecule has 0 unspecified atom stereocenters. The summed E-state index contributed by atoms with van der Waals surface area (Å²) in [7, 11) is 3.42. The number of piperidine rings is 1. The van der Waals surface area contributed by atoms with Crippen molar-refractivity contribution < 1.29 is 22.8 Å². The Balaban J connectivity index is 1.73. The van der Waals surface area contributed by atoms with Crippen molar-refractivity contribution in [3.8, 4) is 6.07 Å². The van der Waals surface area contributed by atoms with Crippen molar-refractivity contribution in [3.63, 3.8) is 0 Å². The highest BCUT2D eigenvalue weighted by molar-refractivity contribution is 5.81. The van der Waals surface area contributed by atoms with E-state index in [0.717, 1.165) is 18.9 Å². The number of nitrogens with zero attached hydrogens (tertiary/aromatic N) is 4. The third-order valence-electron chi connectivity index (χ3n) is 6.51. The minimum atomic E-state index is -4.58. The average molecular weight is 436 g/mol. The van der Waals surface area contributed by atoms with Crippen LogP contribution in [0.25, 0.3) is 0 Å². The number of hydrogen-bond acceptors (Lipinski definition) is 4. The number of rotatable bonds is 3. The summed E-state index contributed by atoms with van der Waals surface area (Å²) in [5, 5.41) is 8.99. The number of halogens is 3. The molecule has 0 N–H and O–H groups in total. The van der Waals surface area contributed by atoms with E-state index in [-0.39, 0.29) is 35.1 Å². The van der Waals surface area contributed by atoms with Crippen molar-refractivity contribution in [2.75, 3.05) is 45.2 Å². The molecule has 1 aromatic carbocycles. The first-order chi connectivity index (χ1) is 14.5. The molecule has 0 radical (unpaired) electrons. The van der Waals surface area contributed by atoms with E-state index in [1.807, 2.05) is 4.90 Å². The molecule has 9 heteroatoms. The van der Waals surface area contributed by atoms with Gasteiger partial charge in [0, 0.05) is 52.9 Å². The minimum absolute atomic E-state index is 0.0121. The summed E-state index contributed by atoms with van der Waals surface area (Å²) in [5.41, 5.74) is -0.854. The Labute approximate surface area is 180 Å². The van der Waals surface area contributed by atoms with Crippen LogP contribution in [0.1, 0.15) is 30.9 Å². The summed E-state index contributed by atoms with van der Waals surface area (Å²) in [5.74, 6) is -0.0170. The van der Waals surface area contributed by atoms with Crippen molar-refractivity contribution >= 4 is 17.5 Å². The Kier molecular flexibility index (Phi) is 6.48. The highest BCUT2D eigenvalue weighted by Crippen LogP contribution is 2.39. The van der Waals surface area contributed by atoms with Crippen LogP contribution >= 0.6 is 0 Å². The second kappa shape index (κ2) is 8.77. The lowest BCUT2D eigenvalue weighted by atomic mass is 9.78. The summed E-state index contributed by atoms with van der Waals surface area (Å²) < 4.78 is 39.9. The fourth-order valence-corrected chi connectivity index (χ4v) is 4.80. The molecule has 168 valence electrons. The zero-order valence-electron chi connectivity index (χ0n) is 17.9. The number of carbonyl (C=O) groups excluding carboxylic acids is 2. The number of carbonyl (C=O) groups is 2. The van der Waals surface area contributed by atoms with Gasteiger partial charge >= 0.3 is 6.18 Å². The number of likely N-dealkylation sites (tertiary alicyclic amines) is 1. The molecule has 2 amide bonds. The van der Waals surface area contributed by atoms with Crippen LogP contribution in [-0.2, 0) is 15.8 Å². The molecule has 2 heterocycles. The number of anilines is 1. The maximum Gasteiger partial charge on any atom is 0.417 e. The van der Waals surface area contributed by atoms with Gasteiger partial charge in [-0.3, -0.25) is 9.59 Å². The summed E-state index contributed by atoms with van der Waals surface area (Å²) in [6, 6.07) is 5.43. The molecular weight excluding hydrogens is 409 g/mol. The maximum absolute atomic E-state index is 13.3. The molecule has 6 nitrogen and oxygen atoms in total. The number of alkyl halides is 3. The third-order valence-corrected chi connectivity index (χ3v) is 6.51. The Bertz CT molecular complexity index is 886. The van der Waals surface area contributed by atoms with E-state index >= 15 is 0 Å². The molecule has 0 saturated carbocycles. The van der Waals surface area contributed by atoms with Crippen LogP contribution in [-0.4, -0.2) is 61.9 Å². The predicted molar refractivity (Wildman–Crippen MR) is 109 cm³/mol. The monoisotopic (exact) mass is 436 g/mol. The lowest BCUT2D eigenvalue weighted by Crippen LogP contribution is -2.41. The van der Waals surface area contributed by atoms with Crippen molar-refractivity contribution in [3.05, 3.63) is 29.3 Å². The zero-order chi connectivity index (χ0) is 22.9. The van der Waals surface area contributed by atoms with Gasteiger partial charge in [-0.15, -0.1) is 0 Å². The Hall–Kier alpha value is -2.76. The Morgan fingerprint density at radius 3 is 2.32 bits per heavy atom. The van der Waals surface area contributed by atoms with Crippen molar-refractivity contribution in [1.82, 2.24) is 9.80 Å². The molecule has 2 atom stereocenters. The van der Waals surface area contributed by atoms with Crippen LogP contribution in [0.5, 0.6) is 0 Å². The highest BCUT2D eigenvalue weighted by atomic mass is 19.4. The van der Waals surface area contributed by atoms with Gasteiger partial charge in [0.05, 0.1) is 23.1 Å². The van der Waals surface area contributed by atoms with Crippen LogP contribution in [0.4, 0.5) is 18.9 Å². The Morgan fingerprint density at radius 1 is 1.16 bits per heavy atom. The highest BCUT2D eigenvalue weighted by Gasteiger charge is 2.44. The number of nitriles is 1. The molecule has 2 fully saturated rings. The van der Waals surface area contributed by atoms with Gasteiger partial charge in [0.15, 0.2) is 0 Å². The number of benzene rings is 1. The van der Waals surface area contributed by atoms with E-state index in [0.29, 0.717) is 31.9 Å². The summed E-state index contributed by atoms with van der Waals surface area (Å²) >= 11 is 0. The van der Waals surface area contributed by atoms with Crippen molar-refractivity contribution in [2.24, 2.45) is 17.8 Å². The van der Waals surface area contributed by atoms with Gasteiger partial charge in [0.25, 0.3) is 0 Å². The second-order valence-electron chi connectivity index (χ2n) is 8.59. The summed E-state index contributed by atoms with van der Waals surface area (Å²) in [6.07, 6.45) is -3.12. The van der Waals surface area contributed by atoms with Crippen LogP contribution in [0.15, 0.2) is 18.2 Å². The quantitative estimate of drug-likeness (QED) is 0.731. The third kappa shape index (κ3) is 4.78. The molecule has 2 aliphatic rings. The SMILES string of the molecule is CC(=O)N1C[C@@H](C(=O)N(C)C)[C@H](C2CCN(c3ccc(C#N)c(C(F)(F)F)c3)CC2)C1. The lowest BCUT2D eigenvalue weighted by molar-refractivity contribution is -0.138. The van der Waals surface area contributed by atoms with Crippen LogP contribution in [0.2, 0.25) is 0 Å². The van der Waals surface area contributed by atoms with E-state index in [9.17, 15) is 22.8 Å². The number of hydrogen-bond donors (Lipinski definition) is 0. The summed E-state index contributed by atoms with van der Waals surface area (Å²) in [6.45, 7) is 3.59. The van der Waals surface area contributed by atoms with E-state index in [1.165, 1.54) is 13.0 Å². The first-order valence-electron chi connectivity index (χ1n) is 10.4. The van der Waals surface area contributed by atoms with Crippen molar-refractivity contribution in [1.29, 1.82) is 5.26 Å². The molecular formula is C22H27F3N4O2. The van der Waals surface area contributed by atoms with Gasteiger partial charge in [-0.05, 0) is 42.9 Å². The zero-order valence-corrected chi connectivity index (χ0v) is 17.9.